The standard InChI is InChI=1S/C22H23N3O3/c26-21(19-15-20(28-24-19)16-7-3-1-4-8-16)23-18-11-13-25(14-12-18)22(27)17-9-5-2-6-10-17/h1-10,18,20H,11-15H2,(H,23,26)/t20-/m1/s1. The minimum Gasteiger partial charge on any atom is -0.387 e. The molecule has 6 heteroatoms. The number of hydrogen-bond acceptors (Lipinski definition) is 4. The van der Waals surface area contributed by atoms with Gasteiger partial charge in [0.2, 0.25) is 0 Å². The van der Waals surface area contributed by atoms with Gasteiger partial charge in [-0.15, -0.1) is 0 Å². The minimum atomic E-state index is -0.202. The zero-order valence-corrected chi connectivity index (χ0v) is 15.6. The molecular formula is C22H23N3O3. The van der Waals surface area contributed by atoms with Crippen molar-refractivity contribution in [3.05, 3.63) is 71.8 Å². The Morgan fingerprint density at radius 1 is 0.964 bits per heavy atom. The molecule has 1 atom stereocenters. The smallest absolute Gasteiger partial charge is 0.269 e. The van der Waals surface area contributed by atoms with Gasteiger partial charge in [-0.25, -0.2) is 0 Å². The lowest BCUT2D eigenvalue weighted by Crippen LogP contribution is -2.47. The second-order valence-electron chi connectivity index (χ2n) is 7.15. The molecule has 0 saturated carbocycles. The number of nitrogens with zero attached hydrogens (tertiary/aromatic N) is 2. The van der Waals surface area contributed by atoms with Crippen LogP contribution < -0.4 is 5.32 Å². The number of amides is 2. The number of carbonyl (C=O) groups is 2. The predicted octanol–water partition coefficient (Wildman–Crippen LogP) is 2.93. The fourth-order valence-corrected chi connectivity index (χ4v) is 3.62. The number of carbonyl (C=O) groups excluding carboxylic acids is 2. The summed E-state index contributed by atoms with van der Waals surface area (Å²) >= 11 is 0. The zero-order chi connectivity index (χ0) is 19.3. The van der Waals surface area contributed by atoms with Crippen molar-refractivity contribution in [3.63, 3.8) is 0 Å². The Labute approximate surface area is 164 Å². The van der Waals surface area contributed by atoms with Gasteiger partial charge in [-0.1, -0.05) is 53.7 Å². The molecule has 4 rings (SSSR count). The molecule has 0 radical (unpaired) electrons. The highest BCUT2D eigenvalue weighted by atomic mass is 16.6. The summed E-state index contributed by atoms with van der Waals surface area (Å²) < 4.78 is 0. The van der Waals surface area contributed by atoms with Crippen molar-refractivity contribution >= 4 is 17.5 Å². The number of hydrogen-bond donors (Lipinski definition) is 1. The van der Waals surface area contributed by atoms with Gasteiger partial charge >= 0.3 is 0 Å². The summed E-state index contributed by atoms with van der Waals surface area (Å²) in [5, 5.41) is 7.03. The Hall–Kier alpha value is -3.15. The van der Waals surface area contributed by atoms with Crippen LogP contribution in [0.4, 0.5) is 0 Å². The van der Waals surface area contributed by atoms with Crippen LogP contribution in [0, 0.1) is 0 Å². The lowest BCUT2D eigenvalue weighted by molar-refractivity contribution is -0.115. The molecule has 2 aliphatic heterocycles. The number of likely N-dealkylation sites (tertiary alicyclic amines) is 1. The first kappa shape index (κ1) is 18.2. The highest BCUT2D eigenvalue weighted by Crippen LogP contribution is 2.27. The van der Waals surface area contributed by atoms with Crippen LogP contribution in [0.1, 0.15) is 41.3 Å². The SMILES string of the molecule is O=C(NC1CCN(C(=O)c2ccccc2)CC1)C1=NO[C@@H](c2ccccc2)C1. The van der Waals surface area contributed by atoms with E-state index in [2.05, 4.69) is 10.5 Å². The van der Waals surface area contributed by atoms with Gasteiger partial charge in [-0.05, 0) is 30.5 Å². The van der Waals surface area contributed by atoms with Crippen LogP contribution in [0.15, 0.2) is 65.8 Å². The predicted molar refractivity (Wildman–Crippen MR) is 106 cm³/mol. The van der Waals surface area contributed by atoms with Gasteiger partial charge in [0.05, 0.1) is 0 Å². The molecule has 6 nitrogen and oxygen atoms in total. The quantitative estimate of drug-likeness (QED) is 0.891. The van der Waals surface area contributed by atoms with Crippen LogP contribution in [-0.4, -0.2) is 41.6 Å². The molecule has 2 aliphatic rings. The van der Waals surface area contributed by atoms with Crippen molar-refractivity contribution in [2.75, 3.05) is 13.1 Å². The summed E-state index contributed by atoms with van der Waals surface area (Å²) in [5.74, 6) is -0.129. The Bertz CT molecular complexity index is 859. The van der Waals surface area contributed by atoms with Gasteiger partial charge in [0.15, 0.2) is 6.10 Å². The van der Waals surface area contributed by atoms with E-state index in [1.165, 1.54) is 0 Å². The van der Waals surface area contributed by atoms with Crippen molar-refractivity contribution in [1.82, 2.24) is 10.2 Å². The van der Waals surface area contributed by atoms with Crippen LogP contribution in [0.25, 0.3) is 0 Å². The van der Waals surface area contributed by atoms with Crippen LogP contribution >= 0.6 is 0 Å². The summed E-state index contributed by atoms with van der Waals surface area (Å²) in [7, 11) is 0. The third-order valence-electron chi connectivity index (χ3n) is 5.24. The molecule has 0 aromatic heterocycles. The third-order valence-corrected chi connectivity index (χ3v) is 5.24. The normalized spacial score (nSPS) is 19.6. The molecule has 2 aromatic rings. The van der Waals surface area contributed by atoms with Crippen molar-refractivity contribution in [1.29, 1.82) is 0 Å². The van der Waals surface area contributed by atoms with Gasteiger partial charge in [0.1, 0.15) is 5.71 Å². The van der Waals surface area contributed by atoms with Gasteiger partial charge in [0.25, 0.3) is 11.8 Å². The summed E-state index contributed by atoms with van der Waals surface area (Å²) in [6.07, 6.45) is 1.75. The van der Waals surface area contributed by atoms with E-state index in [0.29, 0.717) is 30.8 Å². The maximum Gasteiger partial charge on any atom is 0.269 e. The van der Waals surface area contributed by atoms with Crippen molar-refractivity contribution in [3.8, 4) is 0 Å². The molecule has 144 valence electrons. The van der Waals surface area contributed by atoms with E-state index in [9.17, 15) is 9.59 Å². The largest absolute Gasteiger partial charge is 0.387 e. The second kappa shape index (κ2) is 8.25. The van der Waals surface area contributed by atoms with E-state index in [1.54, 1.807) is 0 Å². The van der Waals surface area contributed by atoms with Crippen molar-refractivity contribution in [2.45, 2.75) is 31.4 Å². The fraction of sp³-hybridized carbons (Fsp3) is 0.318. The molecule has 2 aromatic carbocycles. The van der Waals surface area contributed by atoms with E-state index in [1.807, 2.05) is 65.6 Å². The summed E-state index contributed by atoms with van der Waals surface area (Å²) in [4.78, 5) is 32.3. The molecule has 2 amide bonds. The van der Waals surface area contributed by atoms with Crippen molar-refractivity contribution < 1.29 is 14.4 Å². The van der Waals surface area contributed by atoms with Crippen LogP contribution in [0.2, 0.25) is 0 Å². The summed E-state index contributed by atoms with van der Waals surface area (Å²) in [6, 6.07) is 19.1. The van der Waals surface area contributed by atoms with Crippen LogP contribution in [0.5, 0.6) is 0 Å². The minimum absolute atomic E-state index is 0.0460. The molecule has 0 aliphatic carbocycles. The van der Waals surface area contributed by atoms with Crippen molar-refractivity contribution in [2.24, 2.45) is 5.16 Å². The average Bonchev–Trinajstić information content (AvgIpc) is 3.26. The Balaban J connectivity index is 1.26. The second-order valence-corrected chi connectivity index (χ2v) is 7.15. The third kappa shape index (κ3) is 4.06. The van der Waals surface area contributed by atoms with E-state index < -0.39 is 0 Å². The number of oxime groups is 1. The molecule has 28 heavy (non-hydrogen) atoms. The van der Waals surface area contributed by atoms with E-state index in [0.717, 1.165) is 18.4 Å². The maximum absolute atomic E-state index is 12.5. The summed E-state index contributed by atoms with van der Waals surface area (Å²) in [5.41, 5.74) is 2.15. The number of piperidine rings is 1. The molecule has 1 N–H and O–H groups in total. The van der Waals surface area contributed by atoms with Gasteiger partial charge in [-0.2, -0.15) is 0 Å². The molecule has 0 bridgehead atoms. The molecular weight excluding hydrogens is 354 g/mol. The average molecular weight is 377 g/mol. The molecule has 1 fully saturated rings. The molecule has 1 saturated heterocycles. The van der Waals surface area contributed by atoms with Gasteiger partial charge < -0.3 is 15.1 Å². The molecule has 0 unspecified atom stereocenters. The first-order chi connectivity index (χ1) is 13.7. The Morgan fingerprint density at radius 2 is 1.61 bits per heavy atom. The first-order valence-corrected chi connectivity index (χ1v) is 9.63. The Morgan fingerprint density at radius 3 is 2.29 bits per heavy atom. The highest BCUT2D eigenvalue weighted by Gasteiger charge is 2.30. The maximum atomic E-state index is 12.5. The zero-order valence-electron chi connectivity index (χ0n) is 15.6. The van der Waals surface area contributed by atoms with Gasteiger partial charge in [0, 0.05) is 31.1 Å². The lowest BCUT2D eigenvalue weighted by atomic mass is 10.0. The van der Waals surface area contributed by atoms with Gasteiger partial charge in [-0.3, -0.25) is 9.59 Å². The lowest BCUT2D eigenvalue weighted by Gasteiger charge is -2.32. The number of nitrogens with one attached hydrogen (secondary N) is 1. The van der Waals surface area contributed by atoms with Crippen LogP contribution in [0.3, 0.4) is 0 Å². The number of rotatable bonds is 4. The number of benzene rings is 2. The molecule has 0 spiro atoms. The van der Waals surface area contributed by atoms with E-state index in [-0.39, 0.29) is 24.0 Å². The topological polar surface area (TPSA) is 71.0 Å². The first-order valence-electron chi connectivity index (χ1n) is 9.63. The summed E-state index contributed by atoms with van der Waals surface area (Å²) in [6.45, 7) is 1.27. The van der Waals surface area contributed by atoms with Crippen LogP contribution in [-0.2, 0) is 9.63 Å². The fourth-order valence-electron chi connectivity index (χ4n) is 3.62. The monoisotopic (exact) mass is 377 g/mol. The van der Waals surface area contributed by atoms with E-state index in [4.69, 9.17) is 4.84 Å². The van der Waals surface area contributed by atoms with E-state index >= 15 is 0 Å². The Kier molecular flexibility index (Phi) is 5.37. The highest BCUT2D eigenvalue weighted by molar-refractivity contribution is 6.39. The molecule has 2 heterocycles.